The van der Waals surface area contributed by atoms with E-state index in [1.165, 1.54) is 4.90 Å². The van der Waals surface area contributed by atoms with Crippen molar-refractivity contribution in [3.63, 3.8) is 0 Å². The van der Waals surface area contributed by atoms with Gasteiger partial charge in [0.15, 0.2) is 0 Å². The van der Waals surface area contributed by atoms with Crippen LogP contribution in [0.4, 0.5) is 5.69 Å². The Bertz CT molecular complexity index is 456. The first-order valence-electron chi connectivity index (χ1n) is 5.86. The molecule has 0 aliphatic heterocycles. The molecule has 18 heavy (non-hydrogen) atoms. The Morgan fingerprint density at radius 3 is 2.39 bits per heavy atom. The van der Waals surface area contributed by atoms with Crippen molar-refractivity contribution in [3.05, 3.63) is 27.3 Å². The van der Waals surface area contributed by atoms with Gasteiger partial charge in [-0.05, 0) is 67.1 Å². The summed E-state index contributed by atoms with van der Waals surface area (Å²) >= 11 is 2.20. The Morgan fingerprint density at radius 2 is 1.89 bits per heavy atom. The molecule has 0 aromatic heterocycles. The quantitative estimate of drug-likeness (QED) is 0.665. The van der Waals surface area contributed by atoms with Gasteiger partial charge in [-0.1, -0.05) is 0 Å². The van der Waals surface area contributed by atoms with Gasteiger partial charge in [-0.2, -0.15) is 0 Å². The number of carbonyl (C=O) groups excluding carboxylic acids is 2. The van der Waals surface area contributed by atoms with Gasteiger partial charge in [-0.25, -0.2) is 0 Å². The van der Waals surface area contributed by atoms with E-state index in [4.69, 9.17) is 0 Å². The van der Waals surface area contributed by atoms with Crippen LogP contribution >= 0.6 is 22.6 Å². The van der Waals surface area contributed by atoms with E-state index in [9.17, 15) is 9.59 Å². The molecule has 0 heterocycles. The Balaban J connectivity index is 2.78. The normalized spacial score (nSPS) is 10.0. The second-order valence-corrected chi connectivity index (χ2v) is 5.14. The summed E-state index contributed by atoms with van der Waals surface area (Å²) in [6.07, 6.45) is 0. The molecule has 0 aliphatic rings. The molecule has 98 valence electrons. The number of nitrogens with zero attached hydrogens (tertiary/aromatic N) is 1. The topological polar surface area (TPSA) is 49.4 Å². The summed E-state index contributed by atoms with van der Waals surface area (Å²) in [6.45, 7) is 6.68. The first-order chi connectivity index (χ1) is 8.49. The van der Waals surface area contributed by atoms with Crippen LogP contribution in [0, 0.1) is 10.5 Å². The maximum atomic E-state index is 11.8. The van der Waals surface area contributed by atoms with Crippen molar-refractivity contribution >= 4 is 40.1 Å². The van der Waals surface area contributed by atoms with E-state index < -0.39 is 11.8 Å². The summed E-state index contributed by atoms with van der Waals surface area (Å²) in [5, 5.41) is 2.65. The maximum absolute atomic E-state index is 11.8. The molecule has 1 aromatic rings. The summed E-state index contributed by atoms with van der Waals surface area (Å²) < 4.78 is 1.10. The highest BCUT2D eigenvalue weighted by Crippen LogP contribution is 2.17. The van der Waals surface area contributed by atoms with Crippen LogP contribution in [0.5, 0.6) is 0 Å². The van der Waals surface area contributed by atoms with Crippen LogP contribution in [-0.2, 0) is 9.59 Å². The van der Waals surface area contributed by atoms with E-state index in [-0.39, 0.29) is 0 Å². The Labute approximate surface area is 121 Å². The lowest BCUT2D eigenvalue weighted by atomic mass is 10.2. The molecule has 1 aromatic carbocycles. The van der Waals surface area contributed by atoms with Crippen molar-refractivity contribution in [3.8, 4) is 0 Å². The Hall–Kier alpha value is -1.11. The number of carbonyl (C=O) groups is 2. The molecule has 4 nitrogen and oxygen atoms in total. The van der Waals surface area contributed by atoms with Gasteiger partial charge in [0.1, 0.15) is 0 Å². The van der Waals surface area contributed by atoms with Gasteiger partial charge >= 0.3 is 11.8 Å². The highest BCUT2D eigenvalue weighted by molar-refractivity contribution is 14.1. The fourth-order valence-corrected chi connectivity index (χ4v) is 2.24. The molecule has 1 N–H and O–H groups in total. The van der Waals surface area contributed by atoms with Crippen molar-refractivity contribution in [2.75, 3.05) is 18.4 Å². The average molecular weight is 360 g/mol. The van der Waals surface area contributed by atoms with Crippen molar-refractivity contribution in [2.45, 2.75) is 20.8 Å². The van der Waals surface area contributed by atoms with Crippen molar-refractivity contribution in [2.24, 2.45) is 0 Å². The average Bonchev–Trinajstić information content (AvgIpc) is 2.34. The van der Waals surface area contributed by atoms with Gasteiger partial charge in [0, 0.05) is 22.3 Å². The second kappa shape index (κ2) is 6.72. The number of nitrogens with one attached hydrogen (secondary N) is 1. The standard InChI is InChI=1S/C13H17IN2O2/c1-4-16(5-2)13(18)12(17)15-11-7-6-10(14)8-9(11)3/h6-8H,4-5H2,1-3H3,(H,15,17). The Morgan fingerprint density at radius 1 is 1.28 bits per heavy atom. The fourth-order valence-electron chi connectivity index (χ4n) is 1.60. The number of benzene rings is 1. The molecule has 0 aliphatic carbocycles. The molecule has 2 amide bonds. The molecular weight excluding hydrogens is 343 g/mol. The zero-order valence-electron chi connectivity index (χ0n) is 10.8. The monoisotopic (exact) mass is 360 g/mol. The summed E-state index contributed by atoms with van der Waals surface area (Å²) in [6, 6.07) is 5.66. The predicted octanol–water partition coefficient (Wildman–Crippen LogP) is 2.41. The number of rotatable bonds is 3. The van der Waals surface area contributed by atoms with Crippen LogP contribution in [-0.4, -0.2) is 29.8 Å². The Kier molecular flexibility index (Phi) is 5.58. The van der Waals surface area contributed by atoms with E-state index in [0.29, 0.717) is 18.8 Å². The van der Waals surface area contributed by atoms with Gasteiger partial charge in [0.25, 0.3) is 0 Å². The lowest BCUT2D eigenvalue weighted by Gasteiger charge is -2.18. The van der Waals surface area contributed by atoms with E-state index in [1.807, 2.05) is 39.0 Å². The SMILES string of the molecule is CCN(CC)C(=O)C(=O)Nc1ccc(I)cc1C. The van der Waals surface area contributed by atoms with Crippen LogP contribution in [0.3, 0.4) is 0 Å². The minimum absolute atomic E-state index is 0.488. The number of aryl methyl sites for hydroxylation is 1. The van der Waals surface area contributed by atoms with Gasteiger partial charge in [-0.3, -0.25) is 9.59 Å². The van der Waals surface area contributed by atoms with Crippen LogP contribution < -0.4 is 5.32 Å². The minimum Gasteiger partial charge on any atom is -0.335 e. The number of likely N-dealkylation sites (N-methyl/N-ethyl adjacent to an activating group) is 1. The number of hydrogen-bond acceptors (Lipinski definition) is 2. The molecule has 0 bridgehead atoms. The predicted molar refractivity (Wildman–Crippen MR) is 80.5 cm³/mol. The van der Waals surface area contributed by atoms with Crippen LogP contribution in [0.25, 0.3) is 0 Å². The first kappa shape index (κ1) is 14.9. The molecule has 0 atom stereocenters. The van der Waals surface area contributed by atoms with Crippen LogP contribution in [0.1, 0.15) is 19.4 Å². The summed E-state index contributed by atoms with van der Waals surface area (Å²) in [5.74, 6) is -1.07. The number of amides is 2. The minimum atomic E-state index is -0.581. The zero-order chi connectivity index (χ0) is 13.7. The van der Waals surface area contributed by atoms with Crippen molar-refractivity contribution in [1.29, 1.82) is 0 Å². The molecule has 0 radical (unpaired) electrons. The number of halogens is 1. The largest absolute Gasteiger partial charge is 0.335 e. The molecule has 0 saturated heterocycles. The van der Waals surface area contributed by atoms with Gasteiger partial charge in [0.05, 0.1) is 0 Å². The highest BCUT2D eigenvalue weighted by atomic mass is 127. The van der Waals surface area contributed by atoms with Crippen LogP contribution in [0.2, 0.25) is 0 Å². The second-order valence-electron chi connectivity index (χ2n) is 3.89. The van der Waals surface area contributed by atoms with Gasteiger partial charge in [0.2, 0.25) is 0 Å². The maximum Gasteiger partial charge on any atom is 0.313 e. The summed E-state index contributed by atoms with van der Waals surface area (Å²) in [7, 11) is 0. The molecular formula is C13H17IN2O2. The summed E-state index contributed by atoms with van der Waals surface area (Å²) in [4.78, 5) is 25.1. The lowest BCUT2D eigenvalue weighted by molar-refractivity contribution is -0.142. The van der Waals surface area contributed by atoms with Crippen molar-refractivity contribution < 1.29 is 9.59 Å². The third-order valence-corrected chi connectivity index (χ3v) is 3.35. The number of anilines is 1. The fraction of sp³-hybridized carbons (Fsp3) is 0.385. The number of hydrogen-bond donors (Lipinski definition) is 1. The van der Waals surface area contributed by atoms with E-state index in [0.717, 1.165) is 9.13 Å². The molecule has 1 rings (SSSR count). The lowest BCUT2D eigenvalue weighted by Crippen LogP contribution is -2.39. The molecule has 5 heteroatoms. The third-order valence-electron chi connectivity index (χ3n) is 2.68. The van der Waals surface area contributed by atoms with Crippen LogP contribution in [0.15, 0.2) is 18.2 Å². The highest BCUT2D eigenvalue weighted by Gasteiger charge is 2.19. The van der Waals surface area contributed by atoms with Gasteiger partial charge < -0.3 is 10.2 Å². The molecule has 0 spiro atoms. The van der Waals surface area contributed by atoms with Gasteiger partial charge in [-0.15, -0.1) is 0 Å². The molecule has 0 unspecified atom stereocenters. The summed E-state index contributed by atoms with van der Waals surface area (Å²) in [5.41, 5.74) is 1.63. The van der Waals surface area contributed by atoms with E-state index >= 15 is 0 Å². The van der Waals surface area contributed by atoms with E-state index in [2.05, 4.69) is 27.9 Å². The smallest absolute Gasteiger partial charge is 0.313 e. The molecule has 0 fully saturated rings. The van der Waals surface area contributed by atoms with Crippen molar-refractivity contribution in [1.82, 2.24) is 4.90 Å². The third kappa shape index (κ3) is 3.69. The van der Waals surface area contributed by atoms with E-state index in [1.54, 1.807) is 0 Å². The molecule has 0 saturated carbocycles. The first-order valence-corrected chi connectivity index (χ1v) is 6.93. The zero-order valence-corrected chi connectivity index (χ0v) is 12.9.